The molecule has 0 aromatic carbocycles. The van der Waals surface area contributed by atoms with Crippen molar-refractivity contribution in [3.05, 3.63) is 20.8 Å². The Balaban J connectivity index is 2.05. The van der Waals surface area contributed by atoms with Crippen molar-refractivity contribution in [2.45, 2.75) is 11.4 Å². The van der Waals surface area contributed by atoms with Crippen LogP contribution in [0.1, 0.15) is 10.3 Å². The molecule has 1 aliphatic rings. The first-order chi connectivity index (χ1) is 6.66. The van der Waals surface area contributed by atoms with Gasteiger partial charge in [-0.05, 0) is 22.0 Å². The van der Waals surface area contributed by atoms with Crippen molar-refractivity contribution < 1.29 is 9.90 Å². The average Bonchev–Trinajstić information content (AvgIpc) is 2.70. The summed E-state index contributed by atoms with van der Waals surface area (Å²) in [6.07, 6.45) is 0. The normalized spacial score (nSPS) is 26.6. The molecule has 2 rings (SSSR count). The number of nitrogens with one attached hydrogen (secondary N) is 1. The van der Waals surface area contributed by atoms with E-state index in [0.717, 1.165) is 4.47 Å². The minimum absolute atomic E-state index is 0.132. The Bertz CT molecular complexity index is 355. The van der Waals surface area contributed by atoms with Crippen LogP contribution in [0, 0.1) is 0 Å². The molecule has 2 N–H and O–H groups in total. The Labute approximate surface area is 98.0 Å². The van der Waals surface area contributed by atoms with Gasteiger partial charge in [0, 0.05) is 20.5 Å². The molecule has 2 atom stereocenters. The van der Waals surface area contributed by atoms with Gasteiger partial charge in [-0.2, -0.15) is 0 Å². The van der Waals surface area contributed by atoms with Gasteiger partial charge in [-0.1, -0.05) is 0 Å². The van der Waals surface area contributed by atoms with Crippen LogP contribution in [-0.4, -0.2) is 22.9 Å². The molecule has 0 aliphatic carbocycles. The zero-order valence-corrected chi connectivity index (χ0v) is 10.3. The molecule has 3 nitrogen and oxygen atoms in total. The quantitative estimate of drug-likeness (QED) is 0.878. The number of carboxylic acid groups (broad SMARTS) is 1. The number of hydrogen-bond acceptors (Lipinski definition) is 4. The summed E-state index contributed by atoms with van der Waals surface area (Å²) >= 11 is 6.66. The van der Waals surface area contributed by atoms with Gasteiger partial charge in [0.1, 0.15) is 6.04 Å². The fourth-order valence-corrected chi connectivity index (χ4v) is 4.11. The van der Waals surface area contributed by atoms with E-state index < -0.39 is 12.0 Å². The van der Waals surface area contributed by atoms with Gasteiger partial charge in [0.15, 0.2) is 0 Å². The second-order valence-corrected chi connectivity index (χ2v) is 5.93. The monoisotopic (exact) mass is 293 g/mol. The number of carbonyl (C=O) groups is 1. The topological polar surface area (TPSA) is 49.3 Å². The molecule has 6 heteroatoms. The van der Waals surface area contributed by atoms with Crippen molar-refractivity contribution >= 4 is 45.0 Å². The lowest BCUT2D eigenvalue weighted by Crippen LogP contribution is -2.33. The van der Waals surface area contributed by atoms with Crippen LogP contribution in [0.15, 0.2) is 15.9 Å². The molecule has 1 aliphatic heterocycles. The number of carboxylic acids is 1. The molecule has 0 radical (unpaired) electrons. The molecule has 14 heavy (non-hydrogen) atoms. The summed E-state index contributed by atoms with van der Waals surface area (Å²) in [5, 5.41) is 14.0. The standard InChI is InChI=1S/C8H8BrNO2S2/c9-4-1-6(13-2-4)7-10-5(3-14-7)8(11)12/h1-2,5,7,10H,3H2,(H,11,12). The maximum atomic E-state index is 10.7. The van der Waals surface area contributed by atoms with Crippen molar-refractivity contribution in [1.82, 2.24) is 5.32 Å². The minimum Gasteiger partial charge on any atom is -0.480 e. The van der Waals surface area contributed by atoms with Gasteiger partial charge < -0.3 is 5.11 Å². The van der Waals surface area contributed by atoms with Crippen LogP contribution in [0.5, 0.6) is 0 Å². The summed E-state index contributed by atoms with van der Waals surface area (Å²) in [6, 6.07) is 1.62. The average molecular weight is 294 g/mol. The second kappa shape index (κ2) is 4.22. The predicted octanol–water partition coefficient (Wildman–Crippen LogP) is 2.30. The number of hydrogen-bond donors (Lipinski definition) is 2. The highest BCUT2D eigenvalue weighted by Gasteiger charge is 2.30. The van der Waals surface area contributed by atoms with Gasteiger partial charge in [0.25, 0.3) is 0 Å². The number of thioether (sulfide) groups is 1. The van der Waals surface area contributed by atoms with Crippen LogP contribution in [0.3, 0.4) is 0 Å². The number of halogens is 1. The first-order valence-corrected chi connectivity index (χ1v) is 6.73. The zero-order chi connectivity index (χ0) is 10.1. The third-order valence-electron chi connectivity index (χ3n) is 1.93. The Morgan fingerprint density at radius 3 is 3.00 bits per heavy atom. The van der Waals surface area contributed by atoms with Crippen LogP contribution < -0.4 is 5.32 Å². The van der Waals surface area contributed by atoms with Gasteiger partial charge in [-0.3, -0.25) is 10.1 Å². The Hall–Kier alpha value is -0.0400. The van der Waals surface area contributed by atoms with Gasteiger partial charge >= 0.3 is 5.97 Å². The summed E-state index contributed by atoms with van der Waals surface area (Å²) in [5.41, 5.74) is 0. The van der Waals surface area contributed by atoms with E-state index in [9.17, 15) is 4.79 Å². The molecule has 1 aromatic rings. The molecule has 2 unspecified atom stereocenters. The highest BCUT2D eigenvalue weighted by atomic mass is 79.9. The van der Waals surface area contributed by atoms with Crippen LogP contribution in [0.2, 0.25) is 0 Å². The van der Waals surface area contributed by atoms with Gasteiger partial charge in [0.2, 0.25) is 0 Å². The predicted molar refractivity (Wildman–Crippen MR) is 61.8 cm³/mol. The summed E-state index contributed by atoms with van der Waals surface area (Å²) in [4.78, 5) is 11.9. The molecular formula is C8H8BrNO2S2. The van der Waals surface area contributed by atoms with Crippen LogP contribution >= 0.6 is 39.0 Å². The Morgan fingerprint density at radius 1 is 1.71 bits per heavy atom. The van der Waals surface area contributed by atoms with Crippen LogP contribution in [-0.2, 0) is 4.79 Å². The largest absolute Gasteiger partial charge is 0.480 e. The molecule has 0 spiro atoms. The van der Waals surface area contributed by atoms with E-state index in [1.807, 2.05) is 11.4 Å². The maximum Gasteiger partial charge on any atom is 0.321 e. The summed E-state index contributed by atoms with van der Waals surface area (Å²) in [5.74, 6) is -0.133. The summed E-state index contributed by atoms with van der Waals surface area (Å²) < 4.78 is 1.05. The number of rotatable bonds is 2. The van der Waals surface area contributed by atoms with Crippen molar-refractivity contribution in [3.63, 3.8) is 0 Å². The van der Waals surface area contributed by atoms with E-state index in [4.69, 9.17) is 5.11 Å². The number of thiophene rings is 1. The van der Waals surface area contributed by atoms with E-state index in [2.05, 4.69) is 21.2 Å². The first-order valence-electron chi connectivity index (χ1n) is 4.01. The molecular weight excluding hydrogens is 286 g/mol. The minimum atomic E-state index is -0.768. The Kier molecular flexibility index (Phi) is 3.16. The molecule has 2 heterocycles. The van der Waals surface area contributed by atoms with Gasteiger partial charge in [-0.15, -0.1) is 23.1 Å². The third-order valence-corrected chi connectivity index (χ3v) is 5.08. The number of aliphatic carboxylic acids is 1. The van der Waals surface area contributed by atoms with Crippen molar-refractivity contribution in [2.75, 3.05) is 5.75 Å². The first kappa shape index (κ1) is 10.5. The van der Waals surface area contributed by atoms with Crippen molar-refractivity contribution in [1.29, 1.82) is 0 Å². The summed E-state index contributed by atoms with van der Waals surface area (Å²) in [7, 11) is 0. The van der Waals surface area contributed by atoms with E-state index in [0.29, 0.717) is 5.75 Å². The van der Waals surface area contributed by atoms with E-state index in [1.165, 1.54) is 4.88 Å². The molecule has 76 valence electrons. The Morgan fingerprint density at radius 2 is 2.50 bits per heavy atom. The van der Waals surface area contributed by atoms with Gasteiger partial charge in [0.05, 0.1) is 5.37 Å². The third kappa shape index (κ3) is 2.13. The molecule has 1 fully saturated rings. The van der Waals surface area contributed by atoms with E-state index in [-0.39, 0.29) is 5.37 Å². The SMILES string of the molecule is O=C(O)C1CSC(c2cc(Br)cs2)N1. The molecule has 0 saturated carbocycles. The highest BCUT2D eigenvalue weighted by molar-refractivity contribution is 9.10. The maximum absolute atomic E-state index is 10.7. The highest BCUT2D eigenvalue weighted by Crippen LogP contribution is 2.37. The lowest BCUT2D eigenvalue weighted by molar-refractivity contribution is -0.138. The fraction of sp³-hybridized carbons (Fsp3) is 0.375. The fourth-order valence-electron chi connectivity index (χ4n) is 1.24. The second-order valence-electron chi connectivity index (χ2n) is 2.94. The lowest BCUT2D eigenvalue weighted by atomic mass is 10.3. The summed E-state index contributed by atoms with van der Waals surface area (Å²) in [6.45, 7) is 0. The lowest BCUT2D eigenvalue weighted by Gasteiger charge is -2.07. The van der Waals surface area contributed by atoms with E-state index in [1.54, 1.807) is 23.1 Å². The molecule has 1 saturated heterocycles. The van der Waals surface area contributed by atoms with Gasteiger partial charge in [-0.25, -0.2) is 0 Å². The van der Waals surface area contributed by atoms with E-state index >= 15 is 0 Å². The zero-order valence-electron chi connectivity index (χ0n) is 7.07. The smallest absolute Gasteiger partial charge is 0.321 e. The molecule has 0 amide bonds. The van der Waals surface area contributed by atoms with Crippen LogP contribution in [0.4, 0.5) is 0 Å². The van der Waals surface area contributed by atoms with Crippen molar-refractivity contribution in [3.8, 4) is 0 Å². The van der Waals surface area contributed by atoms with Crippen LogP contribution in [0.25, 0.3) is 0 Å². The molecule has 1 aromatic heterocycles. The molecule has 0 bridgehead atoms. The van der Waals surface area contributed by atoms with Crippen molar-refractivity contribution in [2.24, 2.45) is 0 Å².